The standard InChI is InChI=1S/C17H19N5OS2/c1-10-7-14(19)21-17(20-10)24-9-15(23)22-16-12(8-18)11-5-3-2-4-6-13(11)25-16/h7H,2-6,9H2,1H3,(H,22,23)(H2,19,20,21). The van der Waals surface area contributed by atoms with Crippen LogP contribution in [0.2, 0.25) is 0 Å². The van der Waals surface area contributed by atoms with E-state index in [1.807, 2.05) is 6.92 Å². The Hall–Kier alpha value is -2.11. The van der Waals surface area contributed by atoms with Crippen molar-refractivity contribution in [2.75, 3.05) is 16.8 Å². The number of fused-ring (bicyclic) bond motifs is 1. The van der Waals surface area contributed by atoms with E-state index in [0.29, 0.717) is 21.5 Å². The van der Waals surface area contributed by atoms with Gasteiger partial charge in [-0.1, -0.05) is 18.2 Å². The molecular weight excluding hydrogens is 354 g/mol. The number of aryl methyl sites for hydroxylation is 2. The molecule has 0 aromatic carbocycles. The number of carbonyl (C=O) groups excluding carboxylic acids is 1. The minimum absolute atomic E-state index is 0.165. The van der Waals surface area contributed by atoms with E-state index in [1.54, 1.807) is 6.07 Å². The third-order valence-corrected chi connectivity index (χ3v) is 6.03. The highest BCUT2D eigenvalue weighted by Gasteiger charge is 2.21. The highest BCUT2D eigenvalue weighted by Crippen LogP contribution is 2.37. The molecule has 2 heterocycles. The van der Waals surface area contributed by atoms with Crippen molar-refractivity contribution in [3.8, 4) is 6.07 Å². The summed E-state index contributed by atoms with van der Waals surface area (Å²) in [5.41, 5.74) is 8.23. The smallest absolute Gasteiger partial charge is 0.235 e. The van der Waals surface area contributed by atoms with Crippen molar-refractivity contribution in [2.24, 2.45) is 0 Å². The molecule has 0 radical (unpaired) electrons. The number of nitrogens with two attached hydrogens (primary N) is 1. The van der Waals surface area contributed by atoms with Crippen LogP contribution >= 0.6 is 23.1 Å². The van der Waals surface area contributed by atoms with E-state index in [9.17, 15) is 10.1 Å². The van der Waals surface area contributed by atoms with Crippen molar-refractivity contribution in [1.29, 1.82) is 5.26 Å². The van der Waals surface area contributed by atoms with Crippen molar-refractivity contribution in [3.63, 3.8) is 0 Å². The number of thiophene rings is 1. The number of nitrogens with one attached hydrogen (secondary N) is 1. The average molecular weight is 374 g/mol. The Morgan fingerprint density at radius 3 is 2.96 bits per heavy atom. The van der Waals surface area contributed by atoms with Crippen LogP contribution in [0.15, 0.2) is 11.2 Å². The molecule has 3 rings (SSSR count). The first kappa shape index (κ1) is 17.7. The third-order valence-electron chi connectivity index (χ3n) is 3.97. The Morgan fingerprint density at radius 1 is 1.40 bits per heavy atom. The van der Waals surface area contributed by atoms with Gasteiger partial charge in [0.05, 0.1) is 11.3 Å². The van der Waals surface area contributed by atoms with Gasteiger partial charge in [0, 0.05) is 16.6 Å². The van der Waals surface area contributed by atoms with E-state index in [-0.39, 0.29) is 11.7 Å². The zero-order chi connectivity index (χ0) is 17.8. The molecule has 3 N–H and O–H groups in total. The summed E-state index contributed by atoms with van der Waals surface area (Å²) in [6.07, 6.45) is 5.37. The number of amides is 1. The Labute approximate surface area is 154 Å². The van der Waals surface area contributed by atoms with Crippen molar-refractivity contribution in [3.05, 3.63) is 27.8 Å². The van der Waals surface area contributed by atoms with Crippen molar-refractivity contribution >= 4 is 39.8 Å². The first-order chi connectivity index (χ1) is 12.1. The first-order valence-corrected chi connectivity index (χ1v) is 9.95. The molecule has 1 amide bonds. The topological polar surface area (TPSA) is 105 Å². The second-order valence-corrected chi connectivity index (χ2v) is 7.98. The van der Waals surface area contributed by atoms with Crippen molar-refractivity contribution in [2.45, 2.75) is 44.2 Å². The molecular formula is C17H19N5OS2. The fourth-order valence-corrected chi connectivity index (χ4v) is 4.84. The normalized spacial score (nSPS) is 13.6. The molecule has 0 saturated heterocycles. The Morgan fingerprint density at radius 2 is 2.20 bits per heavy atom. The lowest BCUT2D eigenvalue weighted by atomic mass is 10.1. The summed E-state index contributed by atoms with van der Waals surface area (Å²) in [6.45, 7) is 1.83. The van der Waals surface area contributed by atoms with Gasteiger partial charge >= 0.3 is 0 Å². The fraction of sp³-hybridized carbons (Fsp3) is 0.412. The zero-order valence-electron chi connectivity index (χ0n) is 14.0. The zero-order valence-corrected chi connectivity index (χ0v) is 15.6. The largest absolute Gasteiger partial charge is 0.384 e. The summed E-state index contributed by atoms with van der Waals surface area (Å²) in [6, 6.07) is 3.96. The molecule has 0 unspecified atom stereocenters. The second kappa shape index (κ2) is 7.85. The van der Waals surface area contributed by atoms with Gasteiger partial charge in [-0.15, -0.1) is 11.3 Å². The molecule has 0 spiro atoms. The predicted molar refractivity (Wildman–Crippen MR) is 101 cm³/mol. The molecule has 8 heteroatoms. The number of nitrogen functional groups attached to an aromatic ring is 1. The lowest BCUT2D eigenvalue weighted by Crippen LogP contribution is -2.14. The molecule has 1 aliphatic rings. The predicted octanol–water partition coefficient (Wildman–Crippen LogP) is 3.30. The van der Waals surface area contributed by atoms with Gasteiger partial charge in [-0.3, -0.25) is 4.79 Å². The van der Waals surface area contributed by atoms with Gasteiger partial charge in [-0.2, -0.15) is 5.26 Å². The number of anilines is 2. The molecule has 0 fully saturated rings. The average Bonchev–Trinajstić information content (AvgIpc) is 2.72. The molecule has 0 atom stereocenters. The number of nitriles is 1. The molecule has 2 aromatic rings. The molecule has 0 saturated carbocycles. The third kappa shape index (κ3) is 4.30. The maximum atomic E-state index is 12.3. The second-order valence-electron chi connectivity index (χ2n) is 5.93. The van der Waals surface area contributed by atoms with Gasteiger partial charge < -0.3 is 11.1 Å². The summed E-state index contributed by atoms with van der Waals surface area (Å²) in [5.74, 6) is 0.404. The van der Waals surface area contributed by atoms with Crippen LogP contribution < -0.4 is 11.1 Å². The lowest BCUT2D eigenvalue weighted by molar-refractivity contribution is -0.113. The molecule has 25 heavy (non-hydrogen) atoms. The Balaban J connectivity index is 1.68. The van der Waals surface area contributed by atoms with Crippen molar-refractivity contribution < 1.29 is 4.79 Å². The number of carbonyl (C=O) groups is 1. The van der Waals surface area contributed by atoms with Gasteiger partial charge in [-0.05, 0) is 38.2 Å². The monoisotopic (exact) mass is 373 g/mol. The highest BCUT2D eigenvalue weighted by atomic mass is 32.2. The summed E-state index contributed by atoms with van der Waals surface area (Å²) >= 11 is 2.78. The molecule has 2 aromatic heterocycles. The summed E-state index contributed by atoms with van der Waals surface area (Å²) in [5, 5.41) is 13.5. The SMILES string of the molecule is Cc1cc(N)nc(SCC(=O)Nc2sc3c(c2C#N)CCCCC3)n1. The number of nitrogens with zero attached hydrogens (tertiary/aromatic N) is 3. The number of hydrogen-bond acceptors (Lipinski definition) is 7. The molecule has 130 valence electrons. The van der Waals surface area contributed by atoms with Crippen LogP contribution in [0.4, 0.5) is 10.8 Å². The molecule has 1 aliphatic carbocycles. The van der Waals surface area contributed by atoms with Gasteiger partial charge in [0.25, 0.3) is 0 Å². The van der Waals surface area contributed by atoms with Crippen LogP contribution in [0, 0.1) is 18.3 Å². The molecule has 0 aliphatic heterocycles. The number of aromatic nitrogens is 2. The van der Waals surface area contributed by atoms with E-state index < -0.39 is 0 Å². The van der Waals surface area contributed by atoms with Crippen LogP contribution in [0.25, 0.3) is 0 Å². The first-order valence-electron chi connectivity index (χ1n) is 8.15. The van der Waals surface area contributed by atoms with Crippen LogP contribution in [0.1, 0.15) is 41.0 Å². The Bertz CT molecular complexity index is 820. The summed E-state index contributed by atoms with van der Waals surface area (Å²) < 4.78 is 0. The van der Waals surface area contributed by atoms with E-state index in [2.05, 4.69) is 21.4 Å². The fourth-order valence-electron chi connectivity index (χ4n) is 2.87. The summed E-state index contributed by atoms with van der Waals surface area (Å²) in [7, 11) is 0. The van der Waals surface area contributed by atoms with E-state index in [4.69, 9.17) is 5.73 Å². The summed E-state index contributed by atoms with van der Waals surface area (Å²) in [4.78, 5) is 21.9. The van der Waals surface area contributed by atoms with Crippen LogP contribution in [-0.4, -0.2) is 21.6 Å². The highest BCUT2D eigenvalue weighted by molar-refractivity contribution is 7.99. The number of rotatable bonds is 4. The van der Waals surface area contributed by atoms with Crippen LogP contribution in [-0.2, 0) is 17.6 Å². The van der Waals surface area contributed by atoms with Gasteiger partial charge in [0.1, 0.15) is 16.9 Å². The van der Waals surface area contributed by atoms with Crippen LogP contribution in [0.5, 0.6) is 0 Å². The quantitative estimate of drug-likeness (QED) is 0.484. The van der Waals surface area contributed by atoms with E-state index in [1.165, 1.54) is 34.4 Å². The van der Waals surface area contributed by atoms with Gasteiger partial charge in [0.2, 0.25) is 5.91 Å². The molecule has 6 nitrogen and oxygen atoms in total. The van der Waals surface area contributed by atoms with E-state index in [0.717, 1.165) is 36.9 Å². The van der Waals surface area contributed by atoms with Crippen molar-refractivity contribution in [1.82, 2.24) is 9.97 Å². The minimum atomic E-state index is -0.165. The number of hydrogen-bond donors (Lipinski definition) is 2. The maximum absolute atomic E-state index is 12.3. The minimum Gasteiger partial charge on any atom is -0.384 e. The van der Waals surface area contributed by atoms with E-state index >= 15 is 0 Å². The lowest BCUT2D eigenvalue weighted by Gasteiger charge is -2.05. The van der Waals surface area contributed by atoms with Gasteiger partial charge in [0.15, 0.2) is 5.16 Å². The van der Waals surface area contributed by atoms with Gasteiger partial charge in [-0.25, -0.2) is 9.97 Å². The Kier molecular flexibility index (Phi) is 5.56. The maximum Gasteiger partial charge on any atom is 0.235 e. The van der Waals surface area contributed by atoms with Crippen LogP contribution in [0.3, 0.4) is 0 Å². The number of thioether (sulfide) groups is 1. The molecule has 0 bridgehead atoms.